The number of pyridine rings is 1. The van der Waals surface area contributed by atoms with E-state index in [1.54, 1.807) is 4.90 Å². The van der Waals surface area contributed by atoms with Crippen LogP contribution in [0.3, 0.4) is 0 Å². The first kappa shape index (κ1) is 27.5. The molecule has 5 aliphatic rings. The average Bonchev–Trinajstić information content (AvgIpc) is 3.63. The molecular weight excluding hydrogens is 566 g/mol. The summed E-state index contributed by atoms with van der Waals surface area (Å²) in [5.74, 6) is 0. The number of morpholine rings is 1. The Balaban J connectivity index is 1.04. The second kappa shape index (κ2) is 11.2. The van der Waals surface area contributed by atoms with Gasteiger partial charge in [0, 0.05) is 53.1 Å². The lowest BCUT2D eigenvalue weighted by Crippen LogP contribution is -2.66. The molecule has 2 bridgehead atoms. The SMILES string of the molecule is O=C1OCCN1c1ccc(-c2nn(C3CCCCO3)c3ncc(-c4ccc5c(c4)CC[C@@H](N4C6COCC4C6)CC5)cc23)cc1. The summed E-state index contributed by atoms with van der Waals surface area (Å²) in [6.45, 7) is 3.54. The molecule has 4 aromatic rings. The number of benzene rings is 2. The second-order valence-electron chi connectivity index (χ2n) is 13.3. The predicted molar refractivity (Wildman–Crippen MR) is 171 cm³/mol. The van der Waals surface area contributed by atoms with Gasteiger partial charge in [-0.1, -0.05) is 30.3 Å². The maximum atomic E-state index is 12.1. The van der Waals surface area contributed by atoms with Crippen LogP contribution in [-0.4, -0.2) is 76.9 Å². The zero-order chi connectivity index (χ0) is 29.9. The molecule has 9 rings (SSSR count). The average molecular weight is 606 g/mol. The number of carbonyl (C=O) groups is 1. The zero-order valence-corrected chi connectivity index (χ0v) is 25.6. The summed E-state index contributed by atoms with van der Waals surface area (Å²) in [6, 6.07) is 19.2. The van der Waals surface area contributed by atoms with E-state index < -0.39 is 0 Å². The lowest BCUT2D eigenvalue weighted by atomic mass is 9.87. The molecule has 0 N–H and O–H groups in total. The van der Waals surface area contributed by atoms with Gasteiger partial charge in [-0.25, -0.2) is 14.5 Å². The Bertz CT molecular complexity index is 1730. The fourth-order valence-corrected chi connectivity index (χ4v) is 8.27. The molecule has 4 atom stereocenters. The van der Waals surface area contributed by atoms with E-state index in [1.165, 1.54) is 36.0 Å². The number of fused-ring (bicyclic) bond motifs is 4. The van der Waals surface area contributed by atoms with Crippen molar-refractivity contribution in [2.75, 3.05) is 37.9 Å². The van der Waals surface area contributed by atoms with Crippen molar-refractivity contribution in [2.45, 2.75) is 75.7 Å². The Kier molecular flexibility index (Phi) is 6.86. The van der Waals surface area contributed by atoms with Crippen LogP contribution in [0.25, 0.3) is 33.4 Å². The van der Waals surface area contributed by atoms with Crippen molar-refractivity contribution >= 4 is 22.8 Å². The minimum absolute atomic E-state index is 0.120. The predicted octanol–water partition coefficient (Wildman–Crippen LogP) is 6.14. The van der Waals surface area contributed by atoms with Crippen LogP contribution in [0.1, 0.15) is 55.9 Å². The van der Waals surface area contributed by atoms with Crippen molar-refractivity contribution in [1.82, 2.24) is 19.7 Å². The number of hydrogen-bond donors (Lipinski definition) is 0. The Hall–Kier alpha value is -3.79. The fraction of sp³-hybridized carbons (Fsp3) is 0.472. The topological polar surface area (TPSA) is 82.0 Å². The summed E-state index contributed by atoms with van der Waals surface area (Å²) in [5, 5.41) is 6.13. The monoisotopic (exact) mass is 605 g/mol. The van der Waals surface area contributed by atoms with Crippen molar-refractivity contribution in [2.24, 2.45) is 0 Å². The smallest absolute Gasteiger partial charge is 0.414 e. The van der Waals surface area contributed by atoms with E-state index in [0.29, 0.717) is 31.3 Å². The molecule has 2 aromatic heterocycles. The molecule has 0 saturated carbocycles. The van der Waals surface area contributed by atoms with Crippen LogP contribution in [0, 0.1) is 0 Å². The van der Waals surface area contributed by atoms with Crippen LogP contribution >= 0.6 is 0 Å². The molecule has 1 amide bonds. The molecule has 232 valence electrons. The van der Waals surface area contributed by atoms with Gasteiger partial charge in [0.2, 0.25) is 0 Å². The largest absolute Gasteiger partial charge is 0.447 e. The van der Waals surface area contributed by atoms with Crippen LogP contribution < -0.4 is 4.90 Å². The van der Waals surface area contributed by atoms with E-state index >= 15 is 0 Å². The van der Waals surface area contributed by atoms with Crippen LogP contribution in [0.2, 0.25) is 0 Å². The standard InChI is InChI=1S/C36H39N5O4/c42-36-39(14-16-45-36)28-10-7-24(8-11-28)34-32-18-27(20-37-35(32)41(38-34)33-3-1-2-15-44-33)26-5-4-23-6-12-29(13-9-25(23)17-26)40-30-19-31(40)22-43-21-30/h4-5,7-8,10-11,17-18,20,29-31,33H,1-3,6,9,12-16,19,21-22H2/t29-,30?,31?,33?/m0/s1. The number of rotatable bonds is 5. The molecular formula is C36H39N5O4. The first-order valence-electron chi connectivity index (χ1n) is 16.7. The van der Waals surface area contributed by atoms with E-state index in [0.717, 1.165) is 85.5 Å². The van der Waals surface area contributed by atoms with E-state index in [4.69, 9.17) is 24.3 Å². The van der Waals surface area contributed by atoms with Gasteiger partial charge in [-0.15, -0.1) is 0 Å². The molecule has 0 spiro atoms. The molecule has 6 heterocycles. The summed E-state index contributed by atoms with van der Waals surface area (Å²) in [4.78, 5) is 21.6. The molecule has 45 heavy (non-hydrogen) atoms. The number of carbonyl (C=O) groups excluding carboxylic acids is 1. The summed E-state index contributed by atoms with van der Waals surface area (Å²) in [5.41, 5.74) is 8.80. The minimum atomic E-state index is -0.297. The molecule has 9 heteroatoms. The summed E-state index contributed by atoms with van der Waals surface area (Å²) >= 11 is 0. The zero-order valence-electron chi connectivity index (χ0n) is 25.6. The minimum Gasteiger partial charge on any atom is -0.447 e. The number of hydrogen-bond acceptors (Lipinski definition) is 7. The van der Waals surface area contributed by atoms with Crippen LogP contribution in [-0.2, 0) is 27.1 Å². The molecule has 4 fully saturated rings. The third kappa shape index (κ3) is 4.83. The van der Waals surface area contributed by atoms with Crippen LogP contribution in [0.5, 0.6) is 0 Å². The van der Waals surface area contributed by atoms with Gasteiger partial charge in [0.15, 0.2) is 11.9 Å². The fourth-order valence-electron chi connectivity index (χ4n) is 8.27. The summed E-state index contributed by atoms with van der Waals surface area (Å²) < 4.78 is 19.0. The lowest BCUT2D eigenvalue weighted by molar-refractivity contribution is -0.148. The highest BCUT2D eigenvalue weighted by atomic mass is 16.6. The highest BCUT2D eigenvalue weighted by Crippen LogP contribution is 2.39. The number of aromatic nitrogens is 3. The normalized spacial score (nSPS) is 26.8. The van der Waals surface area contributed by atoms with E-state index in [9.17, 15) is 4.79 Å². The van der Waals surface area contributed by atoms with E-state index in [-0.39, 0.29) is 12.3 Å². The Morgan fingerprint density at radius 3 is 2.38 bits per heavy atom. The van der Waals surface area contributed by atoms with Gasteiger partial charge in [0.1, 0.15) is 12.3 Å². The van der Waals surface area contributed by atoms with Crippen LogP contribution in [0.15, 0.2) is 54.7 Å². The number of amides is 1. The second-order valence-corrected chi connectivity index (χ2v) is 13.3. The molecule has 0 radical (unpaired) electrons. The maximum absolute atomic E-state index is 12.1. The van der Waals surface area contributed by atoms with Crippen molar-refractivity contribution in [3.63, 3.8) is 0 Å². The third-order valence-corrected chi connectivity index (χ3v) is 10.7. The summed E-state index contributed by atoms with van der Waals surface area (Å²) in [6.07, 6.45) is 10.7. The van der Waals surface area contributed by atoms with Gasteiger partial charge in [-0.2, -0.15) is 5.10 Å². The maximum Gasteiger partial charge on any atom is 0.414 e. The Morgan fingerprint density at radius 2 is 1.62 bits per heavy atom. The molecule has 4 aliphatic heterocycles. The van der Waals surface area contributed by atoms with Gasteiger partial charge < -0.3 is 14.2 Å². The number of cyclic esters (lactones) is 1. The van der Waals surface area contributed by atoms with Gasteiger partial charge in [-0.3, -0.25) is 9.80 Å². The quantitative estimate of drug-likeness (QED) is 0.253. The van der Waals surface area contributed by atoms with E-state index in [1.807, 2.05) is 35.1 Å². The molecule has 3 unspecified atom stereocenters. The van der Waals surface area contributed by atoms with Gasteiger partial charge in [0.25, 0.3) is 0 Å². The molecule has 9 nitrogen and oxygen atoms in total. The first-order chi connectivity index (χ1) is 22.2. The van der Waals surface area contributed by atoms with Crippen molar-refractivity contribution < 1.29 is 19.0 Å². The number of aryl methyl sites for hydroxylation is 2. The number of ether oxygens (including phenoxy) is 3. The van der Waals surface area contributed by atoms with E-state index in [2.05, 4.69) is 29.2 Å². The summed E-state index contributed by atoms with van der Waals surface area (Å²) in [7, 11) is 0. The molecule has 4 saturated heterocycles. The van der Waals surface area contributed by atoms with Crippen molar-refractivity contribution in [3.8, 4) is 22.4 Å². The molecule has 1 aliphatic carbocycles. The van der Waals surface area contributed by atoms with Crippen molar-refractivity contribution in [1.29, 1.82) is 0 Å². The number of nitrogens with zero attached hydrogens (tertiary/aromatic N) is 5. The van der Waals surface area contributed by atoms with Crippen molar-refractivity contribution in [3.05, 3.63) is 65.9 Å². The van der Waals surface area contributed by atoms with Gasteiger partial charge in [0.05, 0.1) is 19.8 Å². The van der Waals surface area contributed by atoms with Crippen LogP contribution in [0.4, 0.5) is 10.5 Å². The highest BCUT2D eigenvalue weighted by Gasteiger charge is 2.45. The molecule has 2 aromatic carbocycles. The van der Waals surface area contributed by atoms with Gasteiger partial charge in [-0.05, 0) is 86.3 Å². The Labute approximate surface area is 263 Å². The van der Waals surface area contributed by atoms with Gasteiger partial charge >= 0.3 is 6.09 Å². The number of anilines is 1. The highest BCUT2D eigenvalue weighted by molar-refractivity contribution is 5.95. The Morgan fingerprint density at radius 1 is 0.800 bits per heavy atom. The lowest BCUT2D eigenvalue weighted by Gasteiger charge is -2.56. The first-order valence-corrected chi connectivity index (χ1v) is 16.7. The third-order valence-electron chi connectivity index (χ3n) is 10.7.